The second kappa shape index (κ2) is 6.31. The summed E-state index contributed by atoms with van der Waals surface area (Å²) >= 11 is 0. The van der Waals surface area contributed by atoms with Crippen molar-refractivity contribution >= 4 is 0 Å². The van der Waals surface area contributed by atoms with Crippen LogP contribution in [0.1, 0.15) is 20.8 Å². The summed E-state index contributed by atoms with van der Waals surface area (Å²) in [6, 6.07) is -0.961. The van der Waals surface area contributed by atoms with Gasteiger partial charge in [0.05, 0.1) is 18.8 Å². The van der Waals surface area contributed by atoms with Crippen molar-refractivity contribution in [2.75, 3.05) is 6.61 Å². The van der Waals surface area contributed by atoms with Crippen molar-refractivity contribution < 1.29 is 15.3 Å². The third-order valence-corrected chi connectivity index (χ3v) is 2.30. The first kappa shape index (κ1) is 13.8. The standard InChI is InChI=1S/C9H22N2O3/c1-5(2)8(10)9(14)11-7(4-12)6(3)13/h5-9,11-14H,4,10H2,1-3H3/t6?,7?,8-,9?/m1/s1. The molecule has 0 bridgehead atoms. The molecule has 14 heavy (non-hydrogen) atoms. The van der Waals surface area contributed by atoms with E-state index in [9.17, 15) is 10.2 Å². The Hall–Kier alpha value is -0.200. The van der Waals surface area contributed by atoms with Gasteiger partial charge in [-0.1, -0.05) is 13.8 Å². The van der Waals surface area contributed by atoms with Gasteiger partial charge in [0.1, 0.15) is 6.23 Å². The van der Waals surface area contributed by atoms with Crippen LogP contribution in [-0.2, 0) is 0 Å². The van der Waals surface area contributed by atoms with Gasteiger partial charge in [-0.3, -0.25) is 5.32 Å². The lowest BCUT2D eigenvalue weighted by molar-refractivity contribution is 0.0291. The number of aliphatic hydroxyl groups excluding tert-OH is 3. The van der Waals surface area contributed by atoms with E-state index in [4.69, 9.17) is 10.8 Å². The molecular formula is C9H22N2O3. The third-order valence-electron chi connectivity index (χ3n) is 2.30. The zero-order chi connectivity index (χ0) is 11.3. The molecule has 0 aromatic rings. The Kier molecular flexibility index (Phi) is 6.22. The lowest BCUT2D eigenvalue weighted by Gasteiger charge is -2.28. The maximum Gasteiger partial charge on any atom is 0.120 e. The lowest BCUT2D eigenvalue weighted by atomic mass is 10.0. The Bertz CT molecular complexity index is 153. The van der Waals surface area contributed by atoms with Crippen molar-refractivity contribution in [1.29, 1.82) is 0 Å². The lowest BCUT2D eigenvalue weighted by Crippen LogP contribution is -2.55. The van der Waals surface area contributed by atoms with Crippen molar-refractivity contribution in [1.82, 2.24) is 5.32 Å². The van der Waals surface area contributed by atoms with Gasteiger partial charge < -0.3 is 21.1 Å². The van der Waals surface area contributed by atoms with Crippen LogP contribution in [0.3, 0.4) is 0 Å². The third kappa shape index (κ3) is 4.34. The highest BCUT2D eigenvalue weighted by Gasteiger charge is 2.23. The van der Waals surface area contributed by atoms with Gasteiger partial charge in [0.2, 0.25) is 0 Å². The Morgan fingerprint density at radius 1 is 1.21 bits per heavy atom. The van der Waals surface area contributed by atoms with Crippen LogP contribution in [0.2, 0.25) is 0 Å². The fourth-order valence-electron chi connectivity index (χ4n) is 1.04. The second-order valence-electron chi connectivity index (χ2n) is 3.96. The monoisotopic (exact) mass is 206 g/mol. The first-order valence-corrected chi connectivity index (χ1v) is 4.88. The minimum Gasteiger partial charge on any atom is -0.395 e. The summed E-state index contributed by atoms with van der Waals surface area (Å²) in [5.41, 5.74) is 5.69. The van der Waals surface area contributed by atoms with E-state index in [2.05, 4.69) is 5.32 Å². The fraction of sp³-hybridized carbons (Fsp3) is 1.00. The smallest absolute Gasteiger partial charge is 0.120 e. The molecule has 6 N–H and O–H groups in total. The second-order valence-corrected chi connectivity index (χ2v) is 3.96. The first-order chi connectivity index (χ1) is 6.40. The van der Waals surface area contributed by atoms with E-state index in [1.807, 2.05) is 13.8 Å². The normalized spacial score (nSPS) is 20.6. The average molecular weight is 206 g/mol. The molecule has 5 heteroatoms. The van der Waals surface area contributed by atoms with Crippen molar-refractivity contribution in [3.05, 3.63) is 0 Å². The van der Waals surface area contributed by atoms with Crippen molar-refractivity contribution in [3.63, 3.8) is 0 Å². The van der Waals surface area contributed by atoms with Crippen molar-refractivity contribution in [2.45, 2.75) is 45.2 Å². The van der Waals surface area contributed by atoms with Gasteiger partial charge in [-0.25, -0.2) is 0 Å². The predicted octanol–water partition coefficient (Wildman–Crippen LogP) is -1.38. The predicted molar refractivity (Wildman–Crippen MR) is 54.5 cm³/mol. The summed E-state index contributed by atoms with van der Waals surface area (Å²) in [5.74, 6) is 0.130. The number of hydrogen-bond donors (Lipinski definition) is 5. The topological polar surface area (TPSA) is 98.7 Å². The first-order valence-electron chi connectivity index (χ1n) is 4.88. The molecule has 4 atom stereocenters. The molecule has 0 heterocycles. The highest BCUT2D eigenvalue weighted by atomic mass is 16.3. The molecule has 0 aromatic carbocycles. The van der Waals surface area contributed by atoms with E-state index < -0.39 is 24.4 Å². The molecule has 86 valence electrons. The Labute approximate surface area is 84.9 Å². The maximum atomic E-state index is 9.58. The molecule has 0 amide bonds. The summed E-state index contributed by atoms with van der Waals surface area (Å²) in [6.45, 7) is 5.10. The largest absolute Gasteiger partial charge is 0.395 e. The van der Waals surface area contributed by atoms with Crippen molar-refractivity contribution in [2.24, 2.45) is 11.7 Å². The van der Waals surface area contributed by atoms with Gasteiger partial charge in [-0.05, 0) is 12.8 Å². The molecule has 0 fully saturated rings. The van der Waals surface area contributed by atoms with Gasteiger partial charge in [-0.15, -0.1) is 0 Å². The highest BCUT2D eigenvalue weighted by Crippen LogP contribution is 2.03. The van der Waals surface area contributed by atoms with Gasteiger partial charge in [0, 0.05) is 6.04 Å². The van der Waals surface area contributed by atoms with E-state index in [0.717, 1.165) is 0 Å². The quantitative estimate of drug-likeness (QED) is 0.345. The Balaban J connectivity index is 4.08. The fourth-order valence-corrected chi connectivity index (χ4v) is 1.04. The number of aliphatic hydroxyl groups is 3. The zero-order valence-corrected chi connectivity index (χ0v) is 9.01. The van der Waals surface area contributed by atoms with Crippen LogP contribution in [0, 0.1) is 5.92 Å². The molecular weight excluding hydrogens is 184 g/mol. The number of rotatable bonds is 6. The van der Waals surface area contributed by atoms with Crippen LogP contribution in [0.5, 0.6) is 0 Å². The number of hydrogen-bond acceptors (Lipinski definition) is 5. The minimum atomic E-state index is -0.915. The molecule has 0 spiro atoms. The molecule has 0 saturated carbocycles. The molecule has 5 nitrogen and oxygen atoms in total. The molecule has 0 radical (unpaired) electrons. The summed E-state index contributed by atoms with van der Waals surface area (Å²) < 4.78 is 0. The highest BCUT2D eigenvalue weighted by molar-refractivity contribution is 4.79. The average Bonchev–Trinajstić information content (AvgIpc) is 2.11. The number of nitrogens with one attached hydrogen (secondary N) is 1. The van der Waals surface area contributed by atoms with Crippen LogP contribution in [0.4, 0.5) is 0 Å². The zero-order valence-electron chi connectivity index (χ0n) is 9.01. The SMILES string of the molecule is CC(O)C(CO)NC(O)[C@H](N)C(C)C. The van der Waals surface area contributed by atoms with E-state index in [0.29, 0.717) is 0 Å². The molecule has 0 aliphatic rings. The summed E-state index contributed by atoms with van der Waals surface area (Å²) in [6.07, 6.45) is -1.64. The number of nitrogens with two attached hydrogens (primary N) is 1. The van der Waals surface area contributed by atoms with Crippen molar-refractivity contribution in [3.8, 4) is 0 Å². The van der Waals surface area contributed by atoms with Gasteiger partial charge in [-0.2, -0.15) is 0 Å². The Morgan fingerprint density at radius 2 is 1.71 bits per heavy atom. The van der Waals surface area contributed by atoms with Crippen LogP contribution in [0.15, 0.2) is 0 Å². The molecule has 0 aromatic heterocycles. The minimum absolute atomic E-state index is 0.130. The van der Waals surface area contributed by atoms with Gasteiger partial charge >= 0.3 is 0 Å². The molecule has 0 rings (SSSR count). The summed E-state index contributed by atoms with van der Waals surface area (Å²) in [7, 11) is 0. The van der Waals surface area contributed by atoms with E-state index in [1.54, 1.807) is 6.92 Å². The van der Waals surface area contributed by atoms with Crippen LogP contribution >= 0.6 is 0 Å². The maximum absolute atomic E-state index is 9.58. The van der Waals surface area contributed by atoms with Crippen LogP contribution < -0.4 is 11.1 Å². The van der Waals surface area contributed by atoms with Gasteiger partial charge in [0.25, 0.3) is 0 Å². The van der Waals surface area contributed by atoms with E-state index in [1.165, 1.54) is 0 Å². The van der Waals surface area contributed by atoms with Crippen LogP contribution in [-0.4, -0.2) is 46.3 Å². The molecule has 0 aliphatic carbocycles. The molecule has 3 unspecified atom stereocenters. The van der Waals surface area contributed by atoms with Crippen LogP contribution in [0.25, 0.3) is 0 Å². The Morgan fingerprint density at radius 3 is 2.00 bits per heavy atom. The van der Waals surface area contributed by atoms with Gasteiger partial charge in [0.15, 0.2) is 0 Å². The molecule has 0 aliphatic heterocycles. The summed E-state index contributed by atoms with van der Waals surface area (Å²) in [5, 5.41) is 30.4. The van der Waals surface area contributed by atoms with E-state index in [-0.39, 0.29) is 12.5 Å². The summed E-state index contributed by atoms with van der Waals surface area (Å²) in [4.78, 5) is 0. The van der Waals surface area contributed by atoms with E-state index >= 15 is 0 Å². The molecule has 0 saturated heterocycles.